The highest BCUT2D eigenvalue weighted by molar-refractivity contribution is 5.85. The molecule has 0 spiro atoms. The Morgan fingerprint density at radius 3 is 2.83 bits per heavy atom. The fraction of sp³-hybridized carbons (Fsp3) is 0.462. The molecule has 1 aromatic heterocycles. The highest BCUT2D eigenvalue weighted by Gasteiger charge is 2.14. The van der Waals surface area contributed by atoms with Crippen molar-refractivity contribution in [2.45, 2.75) is 26.4 Å². The zero-order chi connectivity index (χ0) is 13.1. The summed E-state index contributed by atoms with van der Waals surface area (Å²) in [6, 6.07) is 5.83. The summed E-state index contributed by atoms with van der Waals surface area (Å²) in [5.74, 6) is 0.630. The third-order valence-electron chi connectivity index (χ3n) is 2.95. The number of aliphatic hydroxyl groups is 1. The van der Waals surface area contributed by atoms with E-state index in [2.05, 4.69) is 23.7 Å². The van der Waals surface area contributed by atoms with Crippen LogP contribution in [0.1, 0.15) is 19.7 Å². The maximum absolute atomic E-state index is 9.03. The van der Waals surface area contributed by atoms with Gasteiger partial charge < -0.3 is 15.3 Å². The van der Waals surface area contributed by atoms with Gasteiger partial charge in [-0.2, -0.15) is 0 Å². The lowest BCUT2D eigenvalue weighted by Gasteiger charge is -2.23. The van der Waals surface area contributed by atoms with Gasteiger partial charge in [-0.3, -0.25) is 4.90 Å². The molecule has 0 amide bonds. The molecule has 3 N–H and O–H groups in total. The van der Waals surface area contributed by atoms with Crippen molar-refractivity contribution in [3.63, 3.8) is 0 Å². The van der Waals surface area contributed by atoms with Crippen molar-refractivity contribution in [2.75, 3.05) is 18.9 Å². The van der Waals surface area contributed by atoms with E-state index in [4.69, 9.17) is 15.3 Å². The maximum atomic E-state index is 9.03. The minimum atomic E-state index is 0.126. The van der Waals surface area contributed by atoms with Crippen molar-refractivity contribution in [1.29, 1.82) is 0 Å². The van der Waals surface area contributed by atoms with E-state index in [0.717, 1.165) is 0 Å². The Bertz CT molecular complexity index is 522. The number of nitrogens with zero attached hydrogens (tertiary/aromatic N) is 2. The van der Waals surface area contributed by atoms with Crippen LogP contribution in [0.2, 0.25) is 0 Å². The Morgan fingerprint density at radius 1 is 1.44 bits per heavy atom. The highest BCUT2D eigenvalue weighted by Crippen LogP contribution is 2.22. The van der Waals surface area contributed by atoms with Crippen molar-refractivity contribution >= 4 is 16.8 Å². The molecule has 1 heterocycles. The van der Waals surface area contributed by atoms with Gasteiger partial charge in [0.1, 0.15) is 5.52 Å². The molecule has 98 valence electrons. The van der Waals surface area contributed by atoms with E-state index >= 15 is 0 Å². The second kappa shape index (κ2) is 5.37. The Labute approximate surface area is 106 Å². The monoisotopic (exact) mass is 249 g/mol. The van der Waals surface area contributed by atoms with Crippen LogP contribution in [-0.4, -0.2) is 34.2 Å². The fourth-order valence-corrected chi connectivity index (χ4v) is 1.91. The summed E-state index contributed by atoms with van der Waals surface area (Å²) in [6.45, 7) is 5.46. The molecule has 0 atom stereocenters. The molecule has 0 saturated heterocycles. The van der Waals surface area contributed by atoms with Gasteiger partial charge in [0.25, 0.3) is 0 Å². The van der Waals surface area contributed by atoms with Gasteiger partial charge in [0, 0.05) is 12.6 Å². The lowest BCUT2D eigenvalue weighted by Crippen LogP contribution is -2.32. The van der Waals surface area contributed by atoms with Gasteiger partial charge in [0.05, 0.1) is 18.8 Å². The number of hydrogen-bond donors (Lipinski definition) is 2. The quantitative estimate of drug-likeness (QED) is 0.787. The molecule has 0 aliphatic rings. The van der Waals surface area contributed by atoms with Crippen LogP contribution in [0.3, 0.4) is 0 Å². The van der Waals surface area contributed by atoms with Gasteiger partial charge in [0.2, 0.25) is 5.89 Å². The van der Waals surface area contributed by atoms with Gasteiger partial charge in [-0.1, -0.05) is 6.07 Å². The van der Waals surface area contributed by atoms with Gasteiger partial charge in [-0.05, 0) is 26.0 Å². The lowest BCUT2D eigenvalue weighted by atomic mass is 10.3. The van der Waals surface area contributed by atoms with Gasteiger partial charge in [-0.25, -0.2) is 4.98 Å². The smallest absolute Gasteiger partial charge is 0.209 e. The molecule has 0 fully saturated rings. The van der Waals surface area contributed by atoms with Crippen molar-refractivity contribution in [1.82, 2.24) is 9.88 Å². The number of para-hydroxylation sites is 1. The van der Waals surface area contributed by atoms with Crippen molar-refractivity contribution in [2.24, 2.45) is 0 Å². The summed E-state index contributed by atoms with van der Waals surface area (Å²) in [6.07, 6.45) is 0. The van der Waals surface area contributed by atoms with Crippen molar-refractivity contribution in [3.8, 4) is 0 Å². The average molecular weight is 249 g/mol. The van der Waals surface area contributed by atoms with Crippen LogP contribution < -0.4 is 5.73 Å². The zero-order valence-electron chi connectivity index (χ0n) is 10.8. The van der Waals surface area contributed by atoms with E-state index in [0.29, 0.717) is 41.8 Å². The molecule has 18 heavy (non-hydrogen) atoms. The van der Waals surface area contributed by atoms with Crippen molar-refractivity contribution < 1.29 is 9.52 Å². The molecule has 0 unspecified atom stereocenters. The number of aromatic nitrogens is 1. The fourth-order valence-electron chi connectivity index (χ4n) is 1.91. The summed E-state index contributed by atoms with van der Waals surface area (Å²) in [7, 11) is 0. The first-order chi connectivity index (χ1) is 8.61. The third kappa shape index (κ3) is 2.63. The number of nitrogen functional groups attached to an aromatic ring is 1. The molecule has 2 aromatic rings. The predicted octanol–water partition coefficient (Wildman–Crippen LogP) is 1.61. The Hall–Kier alpha value is -1.59. The molecule has 0 saturated carbocycles. The second-order valence-electron chi connectivity index (χ2n) is 4.59. The molecule has 2 rings (SSSR count). The molecular weight excluding hydrogens is 230 g/mol. The normalized spacial score (nSPS) is 11.8. The third-order valence-corrected chi connectivity index (χ3v) is 2.95. The first-order valence-electron chi connectivity index (χ1n) is 6.10. The number of rotatable bonds is 5. The van der Waals surface area contributed by atoms with E-state index in [1.165, 1.54) is 0 Å². The van der Waals surface area contributed by atoms with E-state index < -0.39 is 0 Å². The molecular formula is C13H19N3O2. The molecule has 0 aliphatic heterocycles. The average Bonchev–Trinajstić information content (AvgIpc) is 2.72. The summed E-state index contributed by atoms with van der Waals surface area (Å²) >= 11 is 0. The van der Waals surface area contributed by atoms with Crippen LogP contribution >= 0.6 is 0 Å². The second-order valence-corrected chi connectivity index (χ2v) is 4.59. The molecule has 0 radical (unpaired) electrons. The van der Waals surface area contributed by atoms with Crippen molar-refractivity contribution in [3.05, 3.63) is 24.1 Å². The van der Waals surface area contributed by atoms with Crippen LogP contribution in [0.5, 0.6) is 0 Å². The number of nitrogens with two attached hydrogens (primary N) is 1. The highest BCUT2D eigenvalue weighted by atomic mass is 16.3. The summed E-state index contributed by atoms with van der Waals surface area (Å²) in [5.41, 5.74) is 7.88. The first kappa shape index (κ1) is 12.9. The van der Waals surface area contributed by atoms with E-state index in [9.17, 15) is 0 Å². The van der Waals surface area contributed by atoms with Crippen LogP contribution in [0.15, 0.2) is 22.6 Å². The number of aliphatic hydroxyl groups excluding tert-OH is 1. The van der Waals surface area contributed by atoms with Gasteiger partial charge in [-0.15, -0.1) is 0 Å². The van der Waals surface area contributed by atoms with Crippen LogP contribution in [0, 0.1) is 0 Å². The number of fused-ring (bicyclic) bond motifs is 1. The van der Waals surface area contributed by atoms with Crippen LogP contribution in [0.25, 0.3) is 11.1 Å². The zero-order valence-corrected chi connectivity index (χ0v) is 10.8. The van der Waals surface area contributed by atoms with E-state index in [1.807, 2.05) is 18.2 Å². The Kier molecular flexibility index (Phi) is 3.84. The Morgan fingerprint density at radius 2 is 2.22 bits per heavy atom. The van der Waals surface area contributed by atoms with Gasteiger partial charge in [0.15, 0.2) is 5.58 Å². The summed E-state index contributed by atoms with van der Waals surface area (Å²) < 4.78 is 5.66. The van der Waals surface area contributed by atoms with E-state index in [1.54, 1.807) is 0 Å². The lowest BCUT2D eigenvalue weighted by molar-refractivity contribution is 0.149. The minimum Gasteiger partial charge on any atom is -0.439 e. The summed E-state index contributed by atoms with van der Waals surface area (Å²) in [5, 5.41) is 9.03. The van der Waals surface area contributed by atoms with E-state index in [-0.39, 0.29) is 6.61 Å². The number of oxazole rings is 1. The topological polar surface area (TPSA) is 75.5 Å². The molecule has 1 aromatic carbocycles. The number of hydrogen-bond acceptors (Lipinski definition) is 5. The maximum Gasteiger partial charge on any atom is 0.209 e. The standard InChI is InChI=1S/C13H19N3O2/c1-9(2)16(6-7-17)8-12-15-13-10(14)4-3-5-11(13)18-12/h3-5,9,17H,6-8,14H2,1-2H3. The molecule has 0 bridgehead atoms. The first-order valence-corrected chi connectivity index (χ1v) is 6.10. The molecule has 5 heteroatoms. The number of anilines is 1. The largest absolute Gasteiger partial charge is 0.439 e. The summed E-state index contributed by atoms with van der Waals surface area (Å²) in [4.78, 5) is 6.50. The minimum absolute atomic E-state index is 0.126. The van der Waals surface area contributed by atoms with Crippen LogP contribution in [0.4, 0.5) is 5.69 Å². The van der Waals surface area contributed by atoms with Gasteiger partial charge >= 0.3 is 0 Å². The SMILES string of the molecule is CC(C)N(CCO)Cc1nc2c(N)cccc2o1. The molecule has 0 aliphatic carbocycles. The van der Waals surface area contributed by atoms with Crippen LogP contribution in [-0.2, 0) is 6.54 Å². The predicted molar refractivity (Wildman–Crippen MR) is 71.1 cm³/mol. The number of benzene rings is 1. The molecule has 5 nitrogen and oxygen atoms in total. The Balaban J connectivity index is 2.23.